The van der Waals surface area contributed by atoms with Gasteiger partial charge >= 0.3 is 5.97 Å². The zero-order valence-electron chi connectivity index (χ0n) is 21.5. The summed E-state index contributed by atoms with van der Waals surface area (Å²) in [5.41, 5.74) is 2.28. The second kappa shape index (κ2) is 13.3. The Morgan fingerprint density at radius 3 is 2.03 bits per heavy atom. The quantitative estimate of drug-likeness (QED) is 0.254. The van der Waals surface area contributed by atoms with Gasteiger partial charge in [-0.25, -0.2) is 0 Å². The maximum absolute atomic E-state index is 12.2. The van der Waals surface area contributed by atoms with Crippen LogP contribution in [-0.4, -0.2) is 24.4 Å². The van der Waals surface area contributed by atoms with Crippen LogP contribution in [0.15, 0.2) is 66.7 Å². The van der Waals surface area contributed by atoms with Crippen LogP contribution in [0.4, 0.5) is 11.4 Å². The molecule has 0 spiro atoms. The van der Waals surface area contributed by atoms with E-state index in [2.05, 4.69) is 31.4 Å². The molecule has 0 aromatic heterocycles. The van der Waals surface area contributed by atoms with Crippen LogP contribution < -0.4 is 15.4 Å². The predicted octanol–water partition coefficient (Wildman–Crippen LogP) is 7.37. The normalized spacial score (nSPS) is 11.0. The molecule has 38 heavy (non-hydrogen) atoms. The van der Waals surface area contributed by atoms with Gasteiger partial charge in [-0.3, -0.25) is 14.4 Å². The second-order valence-electron chi connectivity index (χ2n) is 9.64. The minimum absolute atomic E-state index is 0.00316. The first-order valence-electron chi connectivity index (χ1n) is 12.1. The van der Waals surface area contributed by atoms with Crippen molar-refractivity contribution in [2.24, 2.45) is 0 Å². The molecular formula is C29H30Cl2N2O5. The van der Waals surface area contributed by atoms with Gasteiger partial charge in [0.05, 0.1) is 10.7 Å². The van der Waals surface area contributed by atoms with Crippen molar-refractivity contribution in [2.45, 2.75) is 45.4 Å². The van der Waals surface area contributed by atoms with Crippen molar-refractivity contribution >= 4 is 52.4 Å². The smallest absolute Gasteiger partial charge is 0.306 e. The fraction of sp³-hybridized carbons (Fsp3) is 0.276. The summed E-state index contributed by atoms with van der Waals surface area (Å²) in [6.45, 7) is 6.01. The van der Waals surface area contributed by atoms with E-state index in [-0.39, 0.29) is 35.6 Å². The lowest BCUT2D eigenvalue weighted by Crippen LogP contribution is -2.21. The highest BCUT2D eigenvalue weighted by molar-refractivity contribution is 6.36. The molecule has 0 aliphatic heterocycles. The van der Waals surface area contributed by atoms with E-state index in [0.29, 0.717) is 22.1 Å². The summed E-state index contributed by atoms with van der Waals surface area (Å²) in [7, 11) is 0. The van der Waals surface area contributed by atoms with Gasteiger partial charge in [-0.15, -0.1) is 0 Å². The Morgan fingerprint density at radius 2 is 1.42 bits per heavy atom. The lowest BCUT2D eigenvalue weighted by molar-refractivity contribution is -0.147. The van der Waals surface area contributed by atoms with Crippen molar-refractivity contribution in [1.82, 2.24) is 0 Å². The number of rotatable bonds is 10. The lowest BCUT2D eigenvalue weighted by atomic mass is 9.87. The number of carbonyl (C=O) groups excluding carboxylic acids is 3. The summed E-state index contributed by atoms with van der Waals surface area (Å²) < 4.78 is 10.8. The van der Waals surface area contributed by atoms with Crippen LogP contribution in [0.3, 0.4) is 0 Å². The molecule has 2 amide bonds. The van der Waals surface area contributed by atoms with Crippen LogP contribution in [-0.2, 0) is 24.5 Å². The Kier molecular flexibility index (Phi) is 10.2. The van der Waals surface area contributed by atoms with Crippen LogP contribution in [0.1, 0.15) is 45.6 Å². The van der Waals surface area contributed by atoms with E-state index in [4.69, 9.17) is 32.7 Å². The Morgan fingerprint density at radius 1 is 0.789 bits per heavy atom. The van der Waals surface area contributed by atoms with Crippen LogP contribution in [0.2, 0.25) is 10.0 Å². The Balaban J connectivity index is 1.35. The first-order chi connectivity index (χ1) is 18.0. The van der Waals surface area contributed by atoms with Crippen LogP contribution >= 0.6 is 23.2 Å². The number of benzene rings is 3. The second-order valence-corrected chi connectivity index (χ2v) is 10.5. The number of nitrogens with one attached hydrogen (secondary N) is 2. The highest BCUT2D eigenvalue weighted by atomic mass is 35.5. The molecule has 2 N–H and O–H groups in total. The van der Waals surface area contributed by atoms with Gasteiger partial charge in [-0.05, 0) is 72.0 Å². The Bertz CT molecular complexity index is 1270. The Labute approximate surface area is 232 Å². The summed E-state index contributed by atoms with van der Waals surface area (Å²) in [6, 6.07) is 19.6. The van der Waals surface area contributed by atoms with E-state index in [1.54, 1.807) is 36.4 Å². The molecule has 0 unspecified atom stereocenters. The van der Waals surface area contributed by atoms with Gasteiger partial charge in [0, 0.05) is 23.6 Å². The number of hydrogen-bond acceptors (Lipinski definition) is 5. The molecule has 200 valence electrons. The number of halogens is 2. The van der Waals surface area contributed by atoms with Gasteiger partial charge in [0.15, 0.2) is 6.61 Å². The van der Waals surface area contributed by atoms with E-state index in [9.17, 15) is 14.4 Å². The molecule has 3 aromatic carbocycles. The zero-order valence-corrected chi connectivity index (χ0v) is 23.0. The van der Waals surface area contributed by atoms with Gasteiger partial charge in [0.1, 0.15) is 11.5 Å². The van der Waals surface area contributed by atoms with Crippen LogP contribution in [0.25, 0.3) is 0 Å². The molecule has 0 aliphatic carbocycles. The molecule has 0 bridgehead atoms. The monoisotopic (exact) mass is 556 g/mol. The van der Waals surface area contributed by atoms with Crippen molar-refractivity contribution in [2.75, 3.05) is 17.2 Å². The van der Waals surface area contributed by atoms with Gasteiger partial charge in [0.25, 0.3) is 5.91 Å². The summed E-state index contributed by atoms with van der Waals surface area (Å²) in [6.07, 6.45) is 0.407. The molecule has 0 aliphatic rings. The van der Waals surface area contributed by atoms with Crippen molar-refractivity contribution in [3.8, 4) is 11.5 Å². The third-order valence-corrected chi connectivity index (χ3v) is 6.00. The summed E-state index contributed by atoms with van der Waals surface area (Å²) in [5, 5.41) is 6.04. The van der Waals surface area contributed by atoms with E-state index in [0.717, 1.165) is 5.75 Å². The number of ether oxygens (including phenoxy) is 2. The molecular weight excluding hydrogens is 527 g/mol. The number of esters is 1. The number of hydrogen-bond donors (Lipinski definition) is 2. The van der Waals surface area contributed by atoms with E-state index >= 15 is 0 Å². The van der Waals surface area contributed by atoms with Gasteiger partial charge in [-0.2, -0.15) is 0 Å². The minimum atomic E-state index is -0.577. The molecule has 0 heterocycles. The molecule has 3 aromatic rings. The largest absolute Gasteiger partial charge is 0.457 e. The fourth-order valence-corrected chi connectivity index (χ4v) is 3.83. The van der Waals surface area contributed by atoms with E-state index in [1.807, 2.05) is 24.3 Å². The van der Waals surface area contributed by atoms with Crippen molar-refractivity contribution in [3.63, 3.8) is 0 Å². The molecule has 0 radical (unpaired) electrons. The SMILES string of the molecule is CC(C)(C)c1ccc(Oc2ccc(NC(=O)CCCC(=O)OCC(=O)Nc3ccc(Cl)cc3Cl)cc2)cc1. The summed E-state index contributed by atoms with van der Waals surface area (Å²) >= 11 is 11.8. The maximum atomic E-state index is 12.2. The molecule has 0 fully saturated rings. The molecule has 3 rings (SSSR count). The minimum Gasteiger partial charge on any atom is -0.457 e. The van der Waals surface area contributed by atoms with E-state index < -0.39 is 18.5 Å². The summed E-state index contributed by atoms with van der Waals surface area (Å²) in [5.74, 6) is 0.0331. The molecule has 9 heteroatoms. The van der Waals surface area contributed by atoms with Gasteiger partial charge < -0.3 is 20.1 Å². The van der Waals surface area contributed by atoms with Crippen LogP contribution in [0.5, 0.6) is 11.5 Å². The third-order valence-electron chi connectivity index (χ3n) is 5.45. The standard InChI is InChI=1S/C29H30Cl2N2O5/c1-29(2,3)19-7-12-22(13-8-19)38-23-14-10-21(11-15-23)32-26(34)5-4-6-28(36)37-18-27(35)33-25-16-9-20(30)17-24(25)31/h7-17H,4-6,18H2,1-3H3,(H,32,34)(H,33,35). The zero-order chi connectivity index (χ0) is 27.7. The fourth-order valence-electron chi connectivity index (χ4n) is 3.38. The van der Waals surface area contributed by atoms with E-state index in [1.165, 1.54) is 11.6 Å². The molecule has 0 saturated heterocycles. The van der Waals surface area contributed by atoms with Gasteiger partial charge in [-0.1, -0.05) is 56.1 Å². The van der Waals surface area contributed by atoms with Crippen LogP contribution in [0, 0.1) is 0 Å². The first kappa shape index (κ1) is 29.0. The molecule has 0 atom stereocenters. The summed E-state index contributed by atoms with van der Waals surface area (Å²) in [4.78, 5) is 36.1. The maximum Gasteiger partial charge on any atom is 0.306 e. The van der Waals surface area contributed by atoms with Crippen molar-refractivity contribution in [3.05, 3.63) is 82.3 Å². The average Bonchev–Trinajstić information content (AvgIpc) is 2.85. The lowest BCUT2D eigenvalue weighted by Gasteiger charge is -2.19. The van der Waals surface area contributed by atoms with Gasteiger partial charge in [0.2, 0.25) is 5.91 Å². The highest BCUT2D eigenvalue weighted by Gasteiger charge is 2.14. The van der Waals surface area contributed by atoms with Crippen molar-refractivity contribution < 1.29 is 23.9 Å². The third kappa shape index (κ3) is 9.39. The van der Waals surface area contributed by atoms with Crippen molar-refractivity contribution in [1.29, 1.82) is 0 Å². The topological polar surface area (TPSA) is 93.7 Å². The number of amides is 2. The number of anilines is 2. The molecule has 7 nitrogen and oxygen atoms in total. The Hall–Kier alpha value is -3.55. The highest BCUT2D eigenvalue weighted by Crippen LogP contribution is 2.28. The predicted molar refractivity (Wildman–Crippen MR) is 150 cm³/mol. The first-order valence-corrected chi connectivity index (χ1v) is 12.8. The number of carbonyl (C=O) groups is 3. The average molecular weight is 557 g/mol. The molecule has 0 saturated carbocycles.